The lowest BCUT2D eigenvalue weighted by Gasteiger charge is -2.21. The number of rotatable bonds is 2. The fraction of sp³-hybridized carbons (Fsp3) is 0.500. The van der Waals surface area contributed by atoms with Gasteiger partial charge in [0.1, 0.15) is 5.82 Å². The van der Waals surface area contributed by atoms with Crippen LogP contribution in [0.4, 0.5) is 0 Å². The summed E-state index contributed by atoms with van der Waals surface area (Å²) in [7, 11) is 0. The van der Waals surface area contributed by atoms with Gasteiger partial charge in [0, 0.05) is 12.6 Å². The van der Waals surface area contributed by atoms with Crippen LogP contribution in [0, 0.1) is 5.92 Å². The Balaban J connectivity index is 1.77. The van der Waals surface area contributed by atoms with Gasteiger partial charge in [-0.05, 0) is 43.3 Å². The number of nitrogens with one attached hydrogen (secondary N) is 1. The molecule has 0 aliphatic carbocycles. The Morgan fingerprint density at radius 3 is 3.12 bits per heavy atom. The SMILES string of the molecule is c1cc2nc(CC3CCNCC3)ncc2s1. The van der Waals surface area contributed by atoms with Gasteiger partial charge in [-0.3, -0.25) is 0 Å². The minimum atomic E-state index is 0.761. The van der Waals surface area contributed by atoms with E-state index in [2.05, 4.69) is 26.7 Å². The van der Waals surface area contributed by atoms with Crippen LogP contribution in [0.2, 0.25) is 0 Å². The summed E-state index contributed by atoms with van der Waals surface area (Å²) in [5.41, 5.74) is 1.10. The van der Waals surface area contributed by atoms with Crippen molar-refractivity contribution in [3.63, 3.8) is 0 Å². The highest BCUT2D eigenvalue weighted by molar-refractivity contribution is 7.17. The van der Waals surface area contributed by atoms with Crippen molar-refractivity contribution >= 4 is 21.6 Å². The van der Waals surface area contributed by atoms with Gasteiger partial charge in [-0.25, -0.2) is 9.97 Å². The Hall–Kier alpha value is -1.00. The third kappa shape index (κ3) is 2.08. The molecule has 0 spiro atoms. The van der Waals surface area contributed by atoms with Gasteiger partial charge < -0.3 is 5.32 Å². The molecule has 4 heteroatoms. The summed E-state index contributed by atoms with van der Waals surface area (Å²) >= 11 is 1.71. The van der Waals surface area contributed by atoms with E-state index in [4.69, 9.17) is 0 Å². The highest BCUT2D eigenvalue weighted by atomic mass is 32.1. The second kappa shape index (κ2) is 4.47. The fourth-order valence-corrected chi connectivity index (χ4v) is 2.94. The van der Waals surface area contributed by atoms with Crippen molar-refractivity contribution in [3.8, 4) is 0 Å². The molecule has 1 N–H and O–H groups in total. The van der Waals surface area contributed by atoms with Gasteiger partial charge in [-0.1, -0.05) is 0 Å². The van der Waals surface area contributed by atoms with Crippen molar-refractivity contribution in [1.29, 1.82) is 0 Å². The summed E-state index contributed by atoms with van der Waals surface area (Å²) in [4.78, 5) is 9.06. The second-order valence-electron chi connectivity index (χ2n) is 4.35. The first-order chi connectivity index (χ1) is 7.92. The molecular weight excluding hydrogens is 218 g/mol. The van der Waals surface area contributed by atoms with E-state index in [-0.39, 0.29) is 0 Å². The van der Waals surface area contributed by atoms with Gasteiger partial charge in [0.15, 0.2) is 0 Å². The molecule has 0 unspecified atom stereocenters. The molecular formula is C12H15N3S. The van der Waals surface area contributed by atoms with E-state index in [1.165, 1.54) is 17.5 Å². The molecule has 0 saturated carbocycles. The minimum absolute atomic E-state index is 0.761. The lowest BCUT2D eigenvalue weighted by molar-refractivity contribution is 0.367. The number of hydrogen-bond donors (Lipinski definition) is 1. The van der Waals surface area contributed by atoms with E-state index < -0.39 is 0 Å². The second-order valence-corrected chi connectivity index (χ2v) is 5.30. The molecule has 0 aromatic carbocycles. The van der Waals surface area contributed by atoms with E-state index in [0.29, 0.717) is 0 Å². The summed E-state index contributed by atoms with van der Waals surface area (Å²) < 4.78 is 1.19. The van der Waals surface area contributed by atoms with Crippen molar-refractivity contribution in [3.05, 3.63) is 23.5 Å². The number of aromatic nitrogens is 2. The maximum Gasteiger partial charge on any atom is 0.129 e. The highest BCUT2D eigenvalue weighted by Crippen LogP contribution is 2.20. The molecule has 0 atom stereocenters. The molecule has 3 heterocycles. The van der Waals surface area contributed by atoms with Crippen molar-refractivity contribution in [2.24, 2.45) is 5.92 Å². The lowest BCUT2D eigenvalue weighted by Crippen LogP contribution is -2.29. The van der Waals surface area contributed by atoms with Gasteiger partial charge in [-0.15, -0.1) is 11.3 Å². The van der Waals surface area contributed by atoms with Crippen molar-refractivity contribution in [1.82, 2.24) is 15.3 Å². The van der Waals surface area contributed by atoms with E-state index >= 15 is 0 Å². The maximum atomic E-state index is 4.61. The van der Waals surface area contributed by atoms with Gasteiger partial charge in [-0.2, -0.15) is 0 Å². The minimum Gasteiger partial charge on any atom is -0.317 e. The van der Waals surface area contributed by atoms with E-state index in [1.807, 2.05) is 6.20 Å². The molecule has 1 saturated heterocycles. The smallest absolute Gasteiger partial charge is 0.129 e. The Bertz CT molecular complexity index is 474. The van der Waals surface area contributed by atoms with Crippen molar-refractivity contribution < 1.29 is 0 Å². The molecule has 0 radical (unpaired) electrons. The molecule has 1 fully saturated rings. The molecule has 1 aliphatic heterocycles. The third-order valence-electron chi connectivity index (χ3n) is 3.18. The molecule has 84 valence electrons. The average Bonchev–Trinajstić information content (AvgIpc) is 2.77. The molecule has 0 amide bonds. The lowest BCUT2D eigenvalue weighted by atomic mass is 9.94. The first-order valence-electron chi connectivity index (χ1n) is 5.81. The number of nitrogens with zero attached hydrogens (tertiary/aromatic N) is 2. The normalized spacial score (nSPS) is 18.0. The molecule has 2 aromatic rings. The monoisotopic (exact) mass is 233 g/mol. The van der Waals surface area contributed by atoms with Crippen LogP contribution in [0.15, 0.2) is 17.6 Å². The highest BCUT2D eigenvalue weighted by Gasteiger charge is 2.15. The van der Waals surface area contributed by atoms with E-state index in [0.717, 1.165) is 36.8 Å². The van der Waals surface area contributed by atoms with Gasteiger partial charge >= 0.3 is 0 Å². The van der Waals surface area contributed by atoms with E-state index in [9.17, 15) is 0 Å². The Labute approximate surface area is 98.9 Å². The topological polar surface area (TPSA) is 37.8 Å². The zero-order valence-electron chi connectivity index (χ0n) is 9.15. The molecule has 1 aliphatic rings. The van der Waals surface area contributed by atoms with Crippen LogP contribution in [0.1, 0.15) is 18.7 Å². The summed E-state index contributed by atoms with van der Waals surface area (Å²) in [6.07, 6.45) is 5.51. The molecule has 0 bridgehead atoms. The van der Waals surface area contributed by atoms with Crippen LogP contribution < -0.4 is 5.32 Å². The van der Waals surface area contributed by atoms with Gasteiger partial charge in [0.2, 0.25) is 0 Å². The summed E-state index contributed by atoms with van der Waals surface area (Å²) in [6.45, 7) is 2.29. The molecule has 16 heavy (non-hydrogen) atoms. The zero-order chi connectivity index (χ0) is 10.8. The first kappa shape index (κ1) is 10.2. The van der Waals surface area contributed by atoms with Crippen LogP contribution in [0.25, 0.3) is 10.2 Å². The quantitative estimate of drug-likeness (QED) is 0.864. The van der Waals surface area contributed by atoms with Gasteiger partial charge in [0.25, 0.3) is 0 Å². The largest absolute Gasteiger partial charge is 0.317 e. The summed E-state index contributed by atoms with van der Waals surface area (Å²) in [5, 5.41) is 5.46. The first-order valence-corrected chi connectivity index (χ1v) is 6.69. The Morgan fingerprint density at radius 2 is 2.25 bits per heavy atom. The van der Waals surface area contributed by atoms with Crippen LogP contribution in [-0.2, 0) is 6.42 Å². The van der Waals surface area contributed by atoms with Crippen LogP contribution in [0.5, 0.6) is 0 Å². The Kier molecular flexibility index (Phi) is 2.84. The Morgan fingerprint density at radius 1 is 1.38 bits per heavy atom. The number of hydrogen-bond acceptors (Lipinski definition) is 4. The third-order valence-corrected chi connectivity index (χ3v) is 4.02. The fourth-order valence-electron chi connectivity index (χ4n) is 2.25. The number of fused-ring (bicyclic) bond motifs is 1. The van der Waals surface area contributed by atoms with Crippen molar-refractivity contribution in [2.75, 3.05) is 13.1 Å². The molecule has 2 aromatic heterocycles. The predicted molar refractivity (Wildman–Crippen MR) is 66.7 cm³/mol. The predicted octanol–water partition coefficient (Wildman–Crippen LogP) is 2.23. The van der Waals surface area contributed by atoms with Crippen LogP contribution >= 0.6 is 11.3 Å². The summed E-state index contributed by atoms with van der Waals surface area (Å²) in [6, 6.07) is 2.08. The van der Waals surface area contributed by atoms with Gasteiger partial charge in [0.05, 0.1) is 10.2 Å². The molecule has 3 nitrogen and oxygen atoms in total. The van der Waals surface area contributed by atoms with E-state index in [1.54, 1.807) is 11.3 Å². The average molecular weight is 233 g/mol. The molecule has 3 rings (SSSR count). The van der Waals surface area contributed by atoms with Crippen LogP contribution in [-0.4, -0.2) is 23.1 Å². The van der Waals surface area contributed by atoms with Crippen molar-refractivity contribution in [2.45, 2.75) is 19.3 Å². The zero-order valence-corrected chi connectivity index (χ0v) is 9.96. The van der Waals surface area contributed by atoms with Crippen LogP contribution in [0.3, 0.4) is 0 Å². The number of piperidine rings is 1. The number of thiophene rings is 1. The standard InChI is InChI=1S/C12H15N3S/c1-4-13-5-2-9(1)7-12-14-8-11-10(15-12)3-6-16-11/h3,6,8-9,13H,1-2,4-5,7H2. The summed E-state index contributed by atoms with van der Waals surface area (Å²) in [5.74, 6) is 1.77. The maximum absolute atomic E-state index is 4.61.